The molecular formula is H7AlBLaO4Si. The molecule has 0 aliphatic carbocycles. The van der Waals surface area contributed by atoms with Crippen molar-refractivity contribution in [1.82, 2.24) is 0 Å². The van der Waals surface area contributed by atoms with Crippen molar-refractivity contribution < 1.29 is 54.8 Å². The van der Waals surface area contributed by atoms with Crippen LogP contribution in [0, 0.1) is 35.6 Å². The van der Waals surface area contributed by atoms with Gasteiger partial charge in [0.25, 0.3) is 0 Å². The van der Waals surface area contributed by atoms with E-state index in [-0.39, 0.29) is 61.4 Å². The Morgan fingerprint density at radius 3 is 0.875 bits per heavy atom. The largest absolute Gasteiger partial charge is 0.668 e. The van der Waals surface area contributed by atoms with Gasteiger partial charge in [-0.2, -0.15) is 0 Å². The fraction of sp³-hybridized carbons (Fsp3) is 0. The Balaban J connectivity index is -0.0000000267. The monoisotopic (exact) mass is 276 g/mol. The molecule has 8 heteroatoms. The Kier molecular flexibility index (Phi) is 24.9. The van der Waals surface area contributed by atoms with Crippen LogP contribution in [0.2, 0.25) is 0 Å². The molecule has 0 atom stereocenters. The smallest absolute Gasteiger partial charge is 0.368 e. The minimum absolute atomic E-state index is 0. The standard InChI is InChI=1S/Al.B.La.H4O4Si.3H/c;;;1-5(2,3)4;;;/h;;;1-4H;;;. The molecule has 44 valence electrons. The molecule has 0 heterocycles. The van der Waals surface area contributed by atoms with Crippen molar-refractivity contribution >= 4 is 34.8 Å². The first-order valence-corrected chi connectivity index (χ1v) is 2.68. The van der Waals surface area contributed by atoms with Crippen LogP contribution in [0.1, 0.15) is 0 Å². The zero-order valence-electron chi connectivity index (χ0n) is 3.44. The van der Waals surface area contributed by atoms with E-state index in [1.54, 1.807) is 0 Å². The zero-order chi connectivity index (χ0) is 4.50. The topological polar surface area (TPSA) is 80.9 Å². The fourth-order valence-electron chi connectivity index (χ4n) is 0. The second-order valence-corrected chi connectivity index (χ2v) is 1.80. The first-order valence-electron chi connectivity index (χ1n) is 0.894. The van der Waals surface area contributed by atoms with E-state index in [1.807, 2.05) is 0 Å². The van der Waals surface area contributed by atoms with E-state index >= 15 is 0 Å². The van der Waals surface area contributed by atoms with Crippen LogP contribution in [0.15, 0.2) is 0 Å². The van der Waals surface area contributed by atoms with E-state index in [4.69, 9.17) is 19.2 Å². The molecule has 0 rings (SSSR count). The van der Waals surface area contributed by atoms with Crippen LogP contribution in [-0.2, 0) is 0 Å². The van der Waals surface area contributed by atoms with Gasteiger partial charge in [0, 0.05) is 44.0 Å². The van der Waals surface area contributed by atoms with E-state index in [1.165, 1.54) is 0 Å². The number of rotatable bonds is 0. The van der Waals surface area contributed by atoms with E-state index in [2.05, 4.69) is 0 Å². The second-order valence-electron chi connectivity index (χ2n) is 0.600. The molecule has 0 unspecified atom stereocenters. The Morgan fingerprint density at radius 1 is 0.875 bits per heavy atom. The summed E-state index contributed by atoms with van der Waals surface area (Å²) >= 11 is 0. The molecule has 8 heavy (non-hydrogen) atoms. The van der Waals surface area contributed by atoms with Crippen molar-refractivity contribution in [1.29, 1.82) is 0 Å². The van der Waals surface area contributed by atoms with E-state index < -0.39 is 9.05 Å². The molecule has 0 saturated heterocycles. The van der Waals surface area contributed by atoms with E-state index in [0.717, 1.165) is 0 Å². The summed E-state index contributed by atoms with van der Waals surface area (Å²) < 4.78 is 0. The van der Waals surface area contributed by atoms with Gasteiger partial charge in [0.1, 0.15) is 0 Å². The van der Waals surface area contributed by atoms with Crippen LogP contribution >= 0.6 is 0 Å². The quantitative estimate of drug-likeness (QED) is 0.338. The van der Waals surface area contributed by atoms with Gasteiger partial charge in [0.15, 0.2) is 17.4 Å². The van der Waals surface area contributed by atoms with Gasteiger partial charge in [0.05, 0.1) is 0 Å². The van der Waals surface area contributed by atoms with Gasteiger partial charge < -0.3 is 19.2 Å². The summed E-state index contributed by atoms with van der Waals surface area (Å²) in [6.45, 7) is 0. The first-order chi connectivity index (χ1) is 2.00. The maximum atomic E-state index is 7.33. The third-order valence-electron chi connectivity index (χ3n) is 0. The zero-order valence-corrected chi connectivity index (χ0v) is 8.07. The summed E-state index contributed by atoms with van der Waals surface area (Å²) in [6, 6.07) is 0. The molecule has 0 aromatic carbocycles. The number of hydrogen-bond acceptors (Lipinski definition) is 4. The molecule has 4 nitrogen and oxygen atoms in total. The summed E-state index contributed by atoms with van der Waals surface area (Å²) in [4.78, 5) is 29.3. The molecule has 0 fully saturated rings. The van der Waals surface area contributed by atoms with Crippen molar-refractivity contribution in [3.8, 4) is 0 Å². The molecule has 0 aromatic rings. The molecule has 0 saturated carbocycles. The summed E-state index contributed by atoms with van der Waals surface area (Å²) in [5.74, 6) is 0. The van der Waals surface area contributed by atoms with Gasteiger partial charge in [-0.3, -0.25) is 0 Å². The SMILES string of the molecule is O[Si](O)(O)O.[AlH3].[B].[La]. The van der Waals surface area contributed by atoms with Crippen molar-refractivity contribution in [3.63, 3.8) is 0 Å². The van der Waals surface area contributed by atoms with Gasteiger partial charge in [-0.1, -0.05) is 0 Å². The van der Waals surface area contributed by atoms with Crippen molar-refractivity contribution in [2.24, 2.45) is 0 Å². The molecule has 4 N–H and O–H groups in total. The van der Waals surface area contributed by atoms with E-state index in [0.29, 0.717) is 0 Å². The Morgan fingerprint density at radius 2 is 0.875 bits per heavy atom. The third kappa shape index (κ3) is 108. The van der Waals surface area contributed by atoms with Crippen LogP contribution in [0.3, 0.4) is 0 Å². The first kappa shape index (κ1) is 22.5. The Bertz CT molecular complexity index is 31.5. The second kappa shape index (κ2) is 8.85. The Hall–Kier alpha value is 1.85. The van der Waals surface area contributed by atoms with Gasteiger partial charge >= 0.3 is 9.05 Å². The normalized spacial score (nSPS) is 7.50. The molecular weight excluding hydrogens is 269 g/mol. The average Bonchev–Trinajstić information content (AvgIpc) is 0.722. The van der Waals surface area contributed by atoms with Crippen LogP contribution in [0.5, 0.6) is 0 Å². The summed E-state index contributed by atoms with van der Waals surface area (Å²) in [5, 5.41) is 0. The van der Waals surface area contributed by atoms with Crippen molar-refractivity contribution in [2.75, 3.05) is 0 Å². The van der Waals surface area contributed by atoms with Gasteiger partial charge in [-0.15, -0.1) is 0 Å². The maximum absolute atomic E-state index is 7.33. The molecule has 0 aliphatic rings. The fourth-order valence-corrected chi connectivity index (χ4v) is 0. The van der Waals surface area contributed by atoms with E-state index in [9.17, 15) is 0 Å². The molecule has 0 amide bonds. The Labute approximate surface area is 88.7 Å². The predicted molar refractivity (Wildman–Crippen MR) is 30.3 cm³/mol. The van der Waals surface area contributed by atoms with Crippen molar-refractivity contribution in [3.05, 3.63) is 0 Å². The number of hydrogen-bond donors (Lipinski definition) is 4. The minimum Gasteiger partial charge on any atom is -0.368 e. The van der Waals surface area contributed by atoms with Crippen LogP contribution in [0.25, 0.3) is 0 Å². The minimum atomic E-state index is -4.61. The average molecular weight is 276 g/mol. The van der Waals surface area contributed by atoms with Crippen LogP contribution in [-0.4, -0.2) is 54.0 Å². The van der Waals surface area contributed by atoms with Gasteiger partial charge in [0.2, 0.25) is 0 Å². The third-order valence-corrected chi connectivity index (χ3v) is 0. The molecule has 0 bridgehead atoms. The molecule has 0 spiro atoms. The summed E-state index contributed by atoms with van der Waals surface area (Å²) in [7, 11) is -4.61. The van der Waals surface area contributed by atoms with Crippen LogP contribution < -0.4 is 0 Å². The van der Waals surface area contributed by atoms with Crippen molar-refractivity contribution in [2.45, 2.75) is 0 Å². The summed E-state index contributed by atoms with van der Waals surface area (Å²) in [5.41, 5.74) is 0. The predicted octanol–water partition coefficient (Wildman–Crippen LogP) is -4.17. The van der Waals surface area contributed by atoms with Gasteiger partial charge in [-0.05, 0) is 0 Å². The maximum Gasteiger partial charge on any atom is 0.668 e. The molecule has 0 aliphatic heterocycles. The van der Waals surface area contributed by atoms with Gasteiger partial charge in [-0.25, -0.2) is 0 Å². The molecule has 0 aromatic heterocycles. The van der Waals surface area contributed by atoms with Crippen LogP contribution in [0.4, 0.5) is 0 Å². The summed E-state index contributed by atoms with van der Waals surface area (Å²) in [6.07, 6.45) is 0. The molecule has 4 radical (unpaired) electrons.